The van der Waals surface area contributed by atoms with Gasteiger partial charge >= 0.3 is 0 Å². The second kappa shape index (κ2) is 11.0. The van der Waals surface area contributed by atoms with Crippen LogP contribution in [0.3, 0.4) is 0 Å². The minimum Gasteiger partial charge on any atom is -0.368 e. The van der Waals surface area contributed by atoms with Gasteiger partial charge in [0.05, 0.1) is 5.41 Å². The Bertz CT molecular complexity index is 1160. The summed E-state index contributed by atoms with van der Waals surface area (Å²) in [7, 11) is 0. The molecule has 0 fully saturated rings. The molecule has 2 amide bonds. The fourth-order valence-corrected chi connectivity index (χ4v) is 4.67. The summed E-state index contributed by atoms with van der Waals surface area (Å²) in [6.07, 6.45) is 0.392. The Hall–Kier alpha value is -3.89. The lowest BCUT2D eigenvalue weighted by Crippen LogP contribution is -2.48. The van der Waals surface area contributed by atoms with Crippen molar-refractivity contribution in [1.82, 2.24) is 5.32 Å². The quantitative estimate of drug-likeness (QED) is 0.319. The van der Waals surface area contributed by atoms with Crippen LogP contribution in [0.15, 0.2) is 115 Å². The number of benzene rings is 4. The molecule has 0 bridgehead atoms. The van der Waals surface area contributed by atoms with Crippen LogP contribution in [-0.2, 0) is 21.4 Å². The van der Waals surface area contributed by atoms with Crippen molar-refractivity contribution in [1.29, 1.82) is 0 Å². The third-order valence-corrected chi connectivity index (χ3v) is 6.51. The lowest BCUT2D eigenvalue weighted by molar-refractivity contribution is -0.127. The fourth-order valence-electron chi connectivity index (χ4n) is 4.54. The molecule has 1 atom stereocenters. The third kappa shape index (κ3) is 5.61. The predicted molar refractivity (Wildman–Crippen MR) is 140 cm³/mol. The first-order valence-electron chi connectivity index (χ1n) is 11.5. The summed E-state index contributed by atoms with van der Waals surface area (Å²) in [6, 6.07) is 36.2. The maximum Gasteiger partial charge on any atom is 0.240 e. The van der Waals surface area contributed by atoms with Gasteiger partial charge in [-0.25, -0.2) is 0 Å². The van der Waals surface area contributed by atoms with Crippen molar-refractivity contribution in [3.05, 3.63) is 143 Å². The Morgan fingerprint density at radius 2 is 1.14 bits per heavy atom. The van der Waals surface area contributed by atoms with E-state index in [-0.39, 0.29) is 18.7 Å². The van der Waals surface area contributed by atoms with E-state index in [4.69, 9.17) is 17.3 Å². The Kier molecular flexibility index (Phi) is 7.64. The van der Waals surface area contributed by atoms with Crippen LogP contribution in [0.1, 0.15) is 28.7 Å². The molecule has 0 aliphatic carbocycles. The molecule has 4 rings (SSSR count). The Labute approximate surface area is 210 Å². The van der Waals surface area contributed by atoms with Crippen LogP contribution in [0.2, 0.25) is 5.02 Å². The van der Waals surface area contributed by atoms with Crippen molar-refractivity contribution in [2.45, 2.75) is 24.3 Å². The van der Waals surface area contributed by atoms with E-state index >= 15 is 0 Å². The van der Waals surface area contributed by atoms with E-state index in [9.17, 15) is 9.59 Å². The number of carbonyl (C=O) groups is 2. The maximum absolute atomic E-state index is 13.6. The van der Waals surface area contributed by atoms with Gasteiger partial charge in [-0.3, -0.25) is 9.59 Å². The van der Waals surface area contributed by atoms with Gasteiger partial charge in [0.25, 0.3) is 0 Å². The SMILES string of the molecule is NC(=O)[C@H](Cc1ccc(Cl)cc1)NC(=O)CC(c1ccccc1)(c1ccccc1)c1ccccc1. The number of nitrogens with two attached hydrogens (primary N) is 1. The highest BCUT2D eigenvalue weighted by atomic mass is 35.5. The number of hydrogen-bond donors (Lipinski definition) is 2. The van der Waals surface area contributed by atoms with Crippen molar-refractivity contribution < 1.29 is 9.59 Å². The third-order valence-electron chi connectivity index (χ3n) is 6.26. The second-order valence-corrected chi connectivity index (χ2v) is 8.97. The van der Waals surface area contributed by atoms with E-state index in [0.29, 0.717) is 5.02 Å². The van der Waals surface area contributed by atoms with Gasteiger partial charge in [-0.05, 0) is 34.4 Å². The van der Waals surface area contributed by atoms with Gasteiger partial charge < -0.3 is 11.1 Å². The van der Waals surface area contributed by atoms with Gasteiger partial charge in [-0.15, -0.1) is 0 Å². The molecule has 0 spiro atoms. The molecule has 4 aromatic carbocycles. The van der Waals surface area contributed by atoms with E-state index in [1.165, 1.54) is 0 Å². The fraction of sp³-hybridized carbons (Fsp3) is 0.133. The van der Waals surface area contributed by atoms with E-state index in [1.54, 1.807) is 12.1 Å². The minimum atomic E-state index is -0.844. The van der Waals surface area contributed by atoms with Crippen molar-refractivity contribution in [2.24, 2.45) is 5.73 Å². The van der Waals surface area contributed by atoms with Crippen LogP contribution < -0.4 is 11.1 Å². The zero-order valence-corrected chi connectivity index (χ0v) is 20.0. The highest BCUT2D eigenvalue weighted by Crippen LogP contribution is 2.42. The molecule has 0 radical (unpaired) electrons. The Balaban J connectivity index is 1.72. The summed E-state index contributed by atoms with van der Waals surface area (Å²) < 4.78 is 0. The molecule has 4 nitrogen and oxygen atoms in total. The average Bonchev–Trinajstić information content (AvgIpc) is 2.89. The number of nitrogens with one attached hydrogen (secondary N) is 1. The number of primary amides is 1. The molecular weight excluding hydrogens is 456 g/mol. The van der Waals surface area contributed by atoms with Crippen LogP contribution in [0, 0.1) is 0 Å². The topological polar surface area (TPSA) is 72.2 Å². The summed E-state index contributed by atoms with van der Waals surface area (Å²) in [6.45, 7) is 0. The highest BCUT2D eigenvalue weighted by molar-refractivity contribution is 6.30. The summed E-state index contributed by atoms with van der Waals surface area (Å²) in [4.78, 5) is 25.9. The van der Waals surface area contributed by atoms with Gasteiger partial charge in [0.15, 0.2) is 0 Å². The lowest BCUT2D eigenvalue weighted by atomic mass is 9.67. The molecule has 4 aromatic rings. The zero-order valence-electron chi connectivity index (χ0n) is 19.2. The first kappa shape index (κ1) is 24.2. The second-order valence-electron chi connectivity index (χ2n) is 8.53. The molecule has 176 valence electrons. The van der Waals surface area contributed by atoms with E-state index < -0.39 is 17.4 Å². The average molecular weight is 483 g/mol. The Morgan fingerprint density at radius 3 is 1.54 bits per heavy atom. The number of carbonyl (C=O) groups excluding carboxylic acids is 2. The molecule has 0 heterocycles. The summed E-state index contributed by atoms with van der Waals surface area (Å²) in [5, 5.41) is 3.50. The molecule has 5 heteroatoms. The van der Waals surface area contributed by atoms with Gasteiger partial charge in [-0.2, -0.15) is 0 Å². The normalized spacial score (nSPS) is 12.0. The first-order chi connectivity index (χ1) is 17.0. The molecule has 0 saturated heterocycles. The van der Waals surface area contributed by atoms with Crippen LogP contribution >= 0.6 is 11.6 Å². The number of rotatable bonds is 9. The smallest absolute Gasteiger partial charge is 0.240 e. The standard InChI is InChI=1S/C30H27ClN2O2/c31-26-18-16-22(17-19-26)20-27(29(32)35)33-28(34)21-30(23-10-4-1-5-11-23,24-12-6-2-7-13-24)25-14-8-3-9-15-25/h1-19,27H,20-21H2,(H2,32,35)(H,33,34)/t27-/m0/s1. The molecule has 0 aliphatic rings. The molecule has 0 aromatic heterocycles. The van der Waals surface area contributed by atoms with E-state index in [0.717, 1.165) is 22.3 Å². The Morgan fingerprint density at radius 1 is 0.714 bits per heavy atom. The van der Waals surface area contributed by atoms with Crippen molar-refractivity contribution in [3.63, 3.8) is 0 Å². The van der Waals surface area contributed by atoms with Gasteiger partial charge in [0.1, 0.15) is 6.04 Å². The number of hydrogen-bond acceptors (Lipinski definition) is 2. The number of halogens is 1. The van der Waals surface area contributed by atoms with Crippen LogP contribution in [-0.4, -0.2) is 17.9 Å². The number of amides is 2. The van der Waals surface area contributed by atoms with E-state index in [1.807, 2.05) is 103 Å². The van der Waals surface area contributed by atoms with Gasteiger partial charge in [-0.1, -0.05) is 115 Å². The van der Waals surface area contributed by atoms with Crippen LogP contribution in [0.25, 0.3) is 0 Å². The van der Waals surface area contributed by atoms with Crippen molar-refractivity contribution >= 4 is 23.4 Å². The lowest BCUT2D eigenvalue weighted by Gasteiger charge is -2.36. The zero-order chi connectivity index (χ0) is 24.7. The molecule has 35 heavy (non-hydrogen) atoms. The molecular formula is C30H27ClN2O2. The maximum atomic E-state index is 13.6. The monoisotopic (exact) mass is 482 g/mol. The summed E-state index contributed by atoms with van der Waals surface area (Å²) in [5.41, 5.74) is 8.75. The van der Waals surface area contributed by atoms with Gasteiger partial charge in [0, 0.05) is 17.9 Å². The van der Waals surface area contributed by atoms with Crippen molar-refractivity contribution in [3.8, 4) is 0 Å². The van der Waals surface area contributed by atoms with Gasteiger partial charge in [0.2, 0.25) is 11.8 Å². The molecule has 0 aliphatic heterocycles. The van der Waals surface area contributed by atoms with E-state index in [2.05, 4.69) is 5.32 Å². The molecule has 0 unspecified atom stereocenters. The van der Waals surface area contributed by atoms with Crippen LogP contribution in [0.5, 0.6) is 0 Å². The predicted octanol–water partition coefficient (Wildman–Crippen LogP) is 5.28. The van der Waals surface area contributed by atoms with Crippen molar-refractivity contribution in [2.75, 3.05) is 0 Å². The summed E-state index contributed by atoms with van der Waals surface area (Å²) >= 11 is 5.98. The molecule has 3 N–H and O–H groups in total. The summed E-state index contributed by atoms with van der Waals surface area (Å²) in [5.74, 6) is -0.850. The first-order valence-corrected chi connectivity index (χ1v) is 11.9. The highest BCUT2D eigenvalue weighted by Gasteiger charge is 2.39. The minimum absolute atomic E-state index is 0.107. The van der Waals surface area contributed by atoms with Crippen LogP contribution in [0.4, 0.5) is 0 Å². The largest absolute Gasteiger partial charge is 0.368 e. The molecule has 0 saturated carbocycles.